The van der Waals surface area contributed by atoms with Crippen molar-refractivity contribution in [3.63, 3.8) is 0 Å². The molecule has 0 aliphatic rings. The van der Waals surface area contributed by atoms with Gasteiger partial charge in [-0.25, -0.2) is 4.39 Å². The SMILES string of the molecule is COCCCC(CN)c1ccc(F)cc1. The number of hydrogen-bond acceptors (Lipinski definition) is 2. The summed E-state index contributed by atoms with van der Waals surface area (Å²) in [5.74, 6) is 0.104. The number of ether oxygens (including phenoxy) is 1. The van der Waals surface area contributed by atoms with E-state index < -0.39 is 0 Å². The van der Waals surface area contributed by atoms with Gasteiger partial charge >= 0.3 is 0 Å². The second kappa shape index (κ2) is 6.53. The third-order valence-electron chi connectivity index (χ3n) is 2.53. The first-order chi connectivity index (χ1) is 7.27. The minimum atomic E-state index is -0.202. The minimum absolute atomic E-state index is 0.202. The van der Waals surface area contributed by atoms with Crippen LogP contribution in [0, 0.1) is 5.82 Å². The summed E-state index contributed by atoms with van der Waals surface area (Å²) < 4.78 is 17.7. The molecule has 1 atom stereocenters. The van der Waals surface area contributed by atoms with Gasteiger partial charge in [-0.1, -0.05) is 12.1 Å². The van der Waals surface area contributed by atoms with Gasteiger partial charge in [-0.2, -0.15) is 0 Å². The van der Waals surface area contributed by atoms with Crippen molar-refractivity contribution < 1.29 is 9.13 Å². The van der Waals surface area contributed by atoms with Crippen molar-refractivity contribution >= 4 is 0 Å². The smallest absolute Gasteiger partial charge is 0.123 e. The highest BCUT2D eigenvalue weighted by molar-refractivity contribution is 5.20. The maximum absolute atomic E-state index is 12.7. The maximum Gasteiger partial charge on any atom is 0.123 e. The Bertz CT molecular complexity index is 273. The molecule has 0 saturated heterocycles. The van der Waals surface area contributed by atoms with Crippen molar-refractivity contribution in [2.75, 3.05) is 20.3 Å². The minimum Gasteiger partial charge on any atom is -0.385 e. The largest absolute Gasteiger partial charge is 0.385 e. The molecule has 2 N–H and O–H groups in total. The van der Waals surface area contributed by atoms with E-state index in [-0.39, 0.29) is 5.82 Å². The predicted molar refractivity (Wildman–Crippen MR) is 59.3 cm³/mol. The van der Waals surface area contributed by atoms with E-state index in [1.165, 1.54) is 12.1 Å². The molecule has 0 heterocycles. The average molecular weight is 211 g/mol. The lowest BCUT2D eigenvalue weighted by atomic mass is 9.94. The monoisotopic (exact) mass is 211 g/mol. The Kier molecular flexibility index (Phi) is 5.29. The van der Waals surface area contributed by atoms with Gasteiger partial charge in [-0.05, 0) is 43.0 Å². The van der Waals surface area contributed by atoms with Crippen LogP contribution < -0.4 is 5.73 Å². The van der Waals surface area contributed by atoms with Crippen molar-refractivity contribution in [1.82, 2.24) is 0 Å². The third-order valence-corrected chi connectivity index (χ3v) is 2.53. The molecule has 0 aliphatic heterocycles. The standard InChI is InChI=1S/C12H18FNO/c1-15-8-2-3-11(9-14)10-4-6-12(13)7-5-10/h4-7,11H,2-3,8-9,14H2,1H3. The number of rotatable bonds is 6. The second-order valence-electron chi connectivity index (χ2n) is 3.62. The molecule has 1 aromatic rings. The van der Waals surface area contributed by atoms with Gasteiger partial charge in [0.1, 0.15) is 5.82 Å². The molecule has 0 bridgehead atoms. The van der Waals surface area contributed by atoms with Crippen LogP contribution in [0.5, 0.6) is 0 Å². The molecule has 84 valence electrons. The Morgan fingerprint density at radius 1 is 1.33 bits per heavy atom. The molecule has 0 aromatic heterocycles. The second-order valence-corrected chi connectivity index (χ2v) is 3.62. The van der Waals surface area contributed by atoms with Gasteiger partial charge in [0.25, 0.3) is 0 Å². The first-order valence-corrected chi connectivity index (χ1v) is 5.22. The normalized spacial score (nSPS) is 12.7. The van der Waals surface area contributed by atoms with Gasteiger partial charge in [0, 0.05) is 13.7 Å². The van der Waals surface area contributed by atoms with Crippen LogP contribution in [0.15, 0.2) is 24.3 Å². The van der Waals surface area contributed by atoms with Crippen LogP contribution in [-0.4, -0.2) is 20.3 Å². The van der Waals surface area contributed by atoms with E-state index in [2.05, 4.69) is 0 Å². The van der Waals surface area contributed by atoms with Crippen LogP contribution in [0.1, 0.15) is 24.3 Å². The molecule has 1 rings (SSSR count). The van der Waals surface area contributed by atoms with Crippen LogP contribution in [0.2, 0.25) is 0 Å². The zero-order valence-corrected chi connectivity index (χ0v) is 9.08. The van der Waals surface area contributed by atoms with Gasteiger partial charge in [0.15, 0.2) is 0 Å². The third kappa shape index (κ3) is 3.98. The fourth-order valence-corrected chi connectivity index (χ4v) is 1.63. The average Bonchev–Trinajstić information content (AvgIpc) is 2.26. The van der Waals surface area contributed by atoms with Crippen LogP contribution in [0.25, 0.3) is 0 Å². The molecular weight excluding hydrogens is 193 g/mol. The molecule has 0 radical (unpaired) electrons. The lowest BCUT2D eigenvalue weighted by Gasteiger charge is -2.14. The molecule has 1 unspecified atom stereocenters. The Morgan fingerprint density at radius 2 is 2.00 bits per heavy atom. The van der Waals surface area contributed by atoms with Crippen LogP contribution in [-0.2, 0) is 4.74 Å². The number of benzene rings is 1. The maximum atomic E-state index is 12.7. The topological polar surface area (TPSA) is 35.2 Å². The lowest BCUT2D eigenvalue weighted by molar-refractivity contribution is 0.190. The van der Waals surface area contributed by atoms with E-state index in [1.54, 1.807) is 19.2 Å². The molecular formula is C12H18FNO. The number of methoxy groups -OCH3 is 1. The molecule has 15 heavy (non-hydrogen) atoms. The Labute approximate surface area is 90.2 Å². The highest BCUT2D eigenvalue weighted by atomic mass is 19.1. The summed E-state index contributed by atoms with van der Waals surface area (Å²) in [6.45, 7) is 1.34. The Balaban J connectivity index is 2.53. The van der Waals surface area contributed by atoms with Crippen molar-refractivity contribution in [3.8, 4) is 0 Å². The van der Waals surface area contributed by atoms with E-state index in [4.69, 9.17) is 10.5 Å². The van der Waals surface area contributed by atoms with Crippen LogP contribution in [0.4, 0.5) is 4.39 Å². The first kappa shape index (κ1) is 12.1. The molecule has 0 fully saturated rings. The highest BCUT2D eigenvalue weighted by Gasteiger charge is 2.08. The molecule has 0 aliphatic carbocycles. The number of hydrogen-bond donors (Lipinski definition) is 1. The lowest BCUT2D eigenvalue weighted by Crippen LogP contribution is -2.13. The summed E-state index contributed by atoms with van der Waals surface area (Å²) in [5.41, 5.74) is 6.80. The summed E-state index contributed by atoms with van der Waals surface area (Å²) in [6.07, 6.45) is 1.96. The van der Waals surface area contributed by atoms with E-state index in [0.717, 1.165) is 25.0 Å². The van der Waals surface area contributed by atoms with Crippen LogP contribution >= 0.6 is 0 Å². The summed E-state index contributed by atoms with van der Waals surface area (Å²) >= 11 is 0. The fraction of sp³-hybridized carbons (Fsp3) is 0.500. The molecule has 3 heteroatoms. The Morgan fingerprint density at radius 3 is 2.53 bits per heavy atom. The summed E-state index contributed by atoms with van der Waals surface area (Å²) in [5, 5.41) is 0. The van der Waals surface area contributed by atoms with Crippen LogP contribution in [0.3, 0.4) is 0 Å². The summed E-state index contributed by atoms with van der Waals surface area (Å²) in [7, 11) is 1.69. The summed E-state index contributed by atoms with van der Waals surface area (Å²) in [4.78, 5) is 0. The molecule has 0 amide bonds. The van der Waals surface area contributed by atoms with Gasteiger partial charge in [0.05, 0.1) is 0 Å². The van der Waals surface area contributed by atoms with Gasteiger partial charge in [-0.15, -0.1) is 0 Å². The fourth-order valence-electron chi connectivity index (χ4n) is 1.63. The zero-order chi connectivity index (χ0) is 11.1. The quantitative estimate of drug-likeness (QED) is 0.733. The van der Waals surface area contributed by atoms with Crippen molar-refractivity contribution in [2.24, 2.45) is 5.73 Å². The highest BCUT2D eigenvalue weighted by Crippen LogP contribution is 2.20. The molecule has 0 spiro atoms. The van der Waals surface area contributed by atoms with Crippen molar-refractivity contribution in [3.05, 3.63) is 35.6 Å². The van der Waals surface area contributed by atoms with Gasteiger partial charge < -0.3 is 10.5 Å². The number of nitrogens with two attached hydrogens (primary N) is 1. The van der Waals surface area contributed by atoms with Crippen molar-refractivity contribution in [1.29, 1.82) is 0 Å². The van der Waals surface area contributed by atoms with Crippen molar-refractivity contribution in [2.45, 2.75) is 18.8 Å². The van der Waals surface area contributed by atoms with Gasteiger partial charge in [-0.3, -0.25) is 0 Å². The predicted octanol–water partition coefficient (Wildman–Crippen LogP) is 2.29. The van der Waals surface area contributed by atoms with E-state index in [0.29, 0.717) is 12.5 Å². The Hall–Kier alpha value is -0.930. The van der Waals surface area contributed by atoms with E-state index >= 15 is 0 Å². The molecule has 0 saturated carbocycles. The van der Waals surface area contributed by atoms with Gasteiger partial charge in [0.2, 0.25) is 0 Å². The van der Waals surface area contributed by atoms with E-state index in [9.17, 15) is 4.39 Å². The van der Waals surface area contributed by atoms with E-state index in [1.807, 2.05) is 0 Å². The zero-order valence-electron chi connectivity index (χ0n) is 9.08. The molecule has 1 aromatic carbocycles. The molecule has 2 nitrogen and oxygen atoms in total. The summed E-state index contributed by atoms with van der Waals surface area (Å²) in [6, 6.07) is 6.57. The number of halogens is 1. The first-order valence-electron chi connectivity index (χ1n) is 5.22.